The van der Waals surface area contributed by atoms with Crippen LogP contribution < -0.4 is 10.6 Å². The maximum Gasteiger partial charge on any atom is 0.234 e. The van der Waals surface area contributed by atoms with E-state index < -0.39 is 0 Å². The topological polar surface area (TPSA) is 67.2 Å². The molecule has 0 aliphatic carbocycles. The highest BCUT2D eigenvalue weighted by molar-refractivity contribution is 5.77. The van der Waals surface area contributed by atoms with E-state index in [2.05, 4.69) is 20.3 Å². The molecule has 1 aromatic heterocycles. The number of aromatic nitrogens is 1. The summed E-state index contributed by atoms with van der Waals surface area (Å²) < 4.78 is 4.64. The number of amides is 1. The molecule has 0 bridgehead atoms. The zero-order chi connectivity index (χ0) is 11.3. The molecule has 1 amide bonds. The van der Waals surface area contributed by atoms with E-state index in [1.54, 1.807) is 6.07 Å². The third kappa shape index (κ3) is 5.17. The van der Waals surface area contributed by atoms with Gasteiger partial charge in [0.25, 0.3) is 0 Å². The lowest BCUT2D eigenvalue weighted by Crippen LogP contribution is -2.43. The molecule has 0 unspecified atom stereocenters. The van der Waals surface area contributed by atoms with Crippen LogP contribution in [0.1, 0.15) is 26.5 Å². The Labute approximate surface area is 89.2 Å². The van der Waals surface area contributed by atoms with Crippen molar-refractivity contribution < 1.29 is 9.32 Å². The molecule has 0 aliphatic heterocycles. The normalized spacial score (nSPS) is 11.4. The molecule has 2 N–H and O–H groups in total. The van der Waals surface area contributed by atoms with Crippen LogP contribution in [0.2, 0.25) is 0 Å². The fraction of sp³-hybridized carbons (Fsp3) is 0.600. The maximum atomic E-state index is 11.4. The van der Waals surface area contributed by atoms with Gasteiger partial charge >= 0.3 is 0 Å². The molecule has 1 heterocycles. The summed E-state index contributed by atoms with van der Waals surface area (Å²) in [5.41, 5.74) is 0.671. The minimum atomic E-state index is -0.0504. The van der Waals surface area contributed by atoms with E-state index >= 15 is 0 Å². The Hall–Kier alpha value is -1.36. The van der Waals surface area contributed by atoms with Crippen LogP contribution in [0.4, 0.5) is 0 Å². The van der Waals surface area contributed by atoms with Crippen LogP contribution in [0, 0.1) is 0 Å². The van der Waals surface area contributed by atoms with Gasteiger partial charge in [0, 0.05) is 11.6 Å². The quantitative estimate of drug-likeness (QED) is 0.768. The van der Waals surface area contributed by atoms with Crippen LogP contribution in [0.3, 0.4) is 0 Å². The van der Waals surface area contributed by atoms with Gasteiger partial charge in [-0.3, -0.25) is 4.79 Å². The van der Waals surface area contributed by atoms with Crippen molar-refractivity contribution in [3.8, 4) is 0 Å². The van der Waals surface area contributed by atoms with Gasteiger partial charge in [0.05, 0.1) is 13.1 Å². The van der Waals surface area contributed by atoms with Crippen molar-refractivity contribution in [1.82, 2.24) is 15.8 Å². The molecule has 0 saturated carbocycles. The molecule has 0 aromatic carbocycles. The number of hydrogen-bond acceptors (Lipinski definition) is 4. The number of hydrogen-bond donors (Lipinski definition) is 2. The Morgan fingerprint density at radius 1 is 1.53 bits per heavy atom. The average molecular weight is 211 g/mol. The van der Waals surface area contributed by atoms with Gasteiger partial charge in [-0.1, -0.05) is 5.16 Å². The molecule has 0 saturated heterocycles. The van der Waals surface area contributed by atoms with Crippen molar-refractivity contribution in [3.63, 3.8) is 0 Å². The minimum Gasteiger partial charge on any atom is -0.364 e. The van der Waals surface area contributed by atoms with E-state index in [9.17, 15) is 4.79 Å². The van der Waals surface area contributed by atoms with Gasteiger partial charge in [0.15, 0.2) is 0 Å². The number of carbonyl (C=O) groups excluding carboxylic acids is 1. The molecule has 0 radical (unpaired) electrons. The Balaban J connectivity index is 2.20. The summed E-state index contributed by atoms with van der Waals surface area (Å²) in [7, 11) is 0. The first kappa shape index (κ1) is 11.7. The molecule has 5 heteroatoms. The molecule has 1 rings (SSSR count). The molecule has 0 spiro atoms. The predicted octanol–water partition coefficient (Wildman–Crippen LogP) is 0.679. The number of nitrogens with zero attached hydrogens (tertiary/aromatic N) is 1. The van der Waals surface area contributed by atoms with Crippen LogP contribution in [0.5, 0.6) is 0 Å². The van der Waals surface area contributed by atoms with Crippen molar-refractivity contribution in [2.24, 2.45) is 0 Å². The van der Waals surface area contributed by atoms with Gasteiger partial charge < -0.3 is 15.2 Å². The molecule has 15 heavy (non-hydrogen) atoms. The van der Waals surface area contributed by atoms with Crippen LogP contribution in [-0.4, -0.2) is 23.1 Å². The van der Waals surface area contributed by atoms with Crippen molar-refractivity contribution in [2.45, 2.75) is 32.9 Å². The highest BCUT2D eigenvalue weighted by Crippen LogP contribution is 1.97. The number of rotatable bonds is 4. The summed E-state index contributed by atoms with van der Waals surface area (Å²) in [4.78, 5) is 11.4. The standard InChI is InChI=1S/C10H17N3O2/c1-10(2,3)12-7-9(14)11-6-8-4-5-15-13-8/h4-5,12H,6-7H2,1-3H3,(H,11,14). The van der Waals surface area contributed by atoms with Gasteiger partial charge in [-0.2, -0.15) is 0 Å². The van der Waals surface area contributed by atoms with Crippen molar-refractivity contribution in [2.75, 3.05) is 6.54 Å². The first-order chi connectivity index (χ1) is 6.97. The van der Waals surface area contributed by atoms with Crippen molar-refractivity contribution in [3.05, 3.63) is 18.0 Å². The Kier molecular flexibility index (Phi) is 3.85. The summed E-state index contributed by atoms with van der Waals surface area (Å²) in [6, 6.07) is 1.72. The Morgan fingerprint density at radius 3 is 2.80 bits per heavy atom. The summed E-state index contributed by atoms with van der Waals surface area (Å²) in [5.74, 6) is -0.0482. The van der Waals surface area contributed by atoms with Crippen LogP contribution >= 0.6 is 0 Å². The third-order valence-corrected chi connectivity index (χ3v) is 1.74. The lowest BCUT2D eigenvalue weighted by Gasteiger charge is -2.19. The first-order valence-corrected chi connectivity index (χ1v) is 4.88. The highest BCUT2D eigenvalue weighted by atomic mass is 16.5. The van der Waals surface area contributed by atoms with Crippen molar-refractivity contribution in [1.29, 1.82) is 0 Å². The highest BCUT2D eigenvalue weighted by Gasteiger charge is 2.11. The average Bonchev–Trinajstić information content (AvgIpc) is 2.62. The second-order valence-corrected chi connectivity index (χ2v) is 4.37. The fourth-order valence-electron chi connectivity index (χ4n) is 0.926. The van der Waals surface area contributed by atoms with E-state index in [-0.39, 0.29) is 11.4 Å². The smallest absolute Gasteiger partial charge is 0.234 e. The van der Waals surface area contributed by atoms with Crippen LogP contribution in [0.25, 0.3) is 0 Å². The third-order valence-electron chi connectivity index (χ3n) is 1.74. The fourth-order valence-corrected chi connectivity index (χ4v) is 0.926. The maximum absolute atomic E-state index is 11.4. The van der Waals surface area contributed by atoms with Gasteiger partial charge in [0.1, 0.15) is 12.0 Å². The van der Waals surface area contributed by atoms with E-state index in [1.165, 1.54) is 6.26 Å². The van der Waals surface area contributed by atoms with E-state index in [4.69, 9.17) is 0 Å². The minimum absolute atomic E-state index is 0.0482. The van der Waals surface area contributed by atoms with Gasteiger partial charge in [-0.15, -0.1) is 0 Å². The summed E-state index contributed by atoms with van der Waals surface area (Å²) in [5, 5.41) is 9.52. The number of nitrogens with one attached hydrogen (secondary N) is 2. The Morgan fingerprint density at radius 2 is 2.27 bits per heavy atom. The SMILES string of the molecule is CC(C)(C)NCC(=O)NCc1ccon1. The molecule has 0 fully saturated rings. The molecule has 84 valence electrons. The van der Waals surface area contributed by atoms with Crippen LogP contribution in [0.15, 0.2) is 16.9 Å². The van der Waals surface area contributed by atoms with Crippen LogP contribution in [-0.2, 0) is 11.3 Å². The van der Waals surface area contributed by atoms with Gasteiger partial charge in [-0.05, 0) is 20.8 Å². The Bertz CT molecular complexity index is 301. The predicted molar refractivity (Wildman–Crippen MR) is 56.1 cm³/mol. The van der Waals surface area contributed by atoms with E-state index in [1.807, 2.05) is 20.8 Å². The summed E-state index contributed by atoms with van der Waals surface area (Å²) >= 11 is 0. The largest absolute Gasteiger partial charge is 0.364 e. The van der Waals surface area contributed by atoms with E-state index in [0.29, 0.717) is 13.1 Å². The number of carbonyl (C=O) groups is 1. The second-order valence-electron chi connectivity index (χ2n) is 4.37. The van der Waals surface area contributed by atoms with Crippen molar-refractivity contribution >= 4 is 5.91 Å². The molecule has 0 aliphatic rings. The lowest BCUT2D eigenvalue weighted by atomic mass is 10.1. The zero-order valence-electron chi connectivity index (χ0n) is 9.33. The first-order valence-electron chi connectivity index (χ1n) is 4.88. The summed E-state index contributed by atoms with van der Waals surface area (Å²) in [6.45, 7) is 6.75. The molecular weight excluding hydrogens is 194 g/mol. The molecular formula is C10H17N3O2. The van der Waals surface area contributed by atoms with Gasteiger partial charge in [0.2, 0.25) is 5.91 Å². The monoisotopic (exact) mass is 211 g/mol. The zero-order valence-corrected chi connectivity index (χ0v) is 9.33. The summed E-state index contributed by atoms with van der Waals surface area (Å²) in [6.07, 6.45) is 1.48. The van der Waals surface area contributed by atoms with E-state index in [0.717, 1.165) is 5.69 Å². The molecule has 0 atom stereocenters. The molecule has 1 aromatic rings. The lowest BCUT2D eigenvalue weighted by molar-refractivity contribution is -0.120. The van der Waals surface area contributed by atoms with Gasteiger partial charge in [-0.25, -0.2) is 0 Å². The molecule has 5 nitrogen and oxygen atoms in total. The second kappa shape index (κ2) is 4.93.